The molecule has 0 aliphatic carbocycles. The molecule has 0 aromatic heterocycles. The monoisotopic (exact) mass is 289 g/mol. The molecule has 1 saturated heterocycles. The summed E-state index contributed by atoms with van der Waals surface area (Å²) < 4.78 is 0. The van der Waals surface area contributed by atoms with E-state index in [4.69, 9.17) is 0 Å². The second-order valence-corrected chi connectivity index (χ2v) is 5.62. The third kappa shape index (κ3) is 2.71. The van der Waals surface area contributed by atoms with E-state index in [9.17, 15) is 9.90 Å². The molecule has 1 fully saturated rings. The summed E-state index contributed by atoms with van der Waals surface area (Å²) in [6.45, 7) is 3.55. The highest BCUT2D eigenvalue weighted by atomic mass is 32.2. The lowest BCUT2D eigenvalue weighted by atomic mass is 10.2. The van der Waals surface area contributed by atoms with Gasteiger partial charge in [-0.3, -0.25) is 4.79 Å². The summed E-state index contributed by atoms with van der Waals surface area (Å²) in [7, 11) is 0. The number of rotatable bonds is 1. The Labute approximate surface area is 121 Å². The van der Waals surface area contributed by atoms with Crippen LogP contribution in [-0.4, -0.2) is 47.3 Å². The van der Waals surface area contributed by atoms with E-state index in [1.54, 1.807) is 24.3 Å². The van der Waals surface area contributed by atoms with Crippen LogP contribution in [0, 0.1) is 0 Å². The van der Waals surface area contributed by atoms with Crippen molar-refractivity contribution in [2.75, 3.05) is 26.2 Å². The Hall–Kier alpha value is -1.79. The largest absolute Gasteiger partial charge is 0.507 e. The highest BCUT2D eigenvalue weighted by Crippen LogP contribution is 2.31. The maximum atomic E-state index is 11.9. The molecule has 0 bridgehead atoms. The number of amidine groups is 1. The van der Waals surface area contributed by atoms with Crippen molar-refractivity contribution in [3.8, 4) is 5.75 Å². The molecule has 20 heavy (non-hydrogen) atoms. The van der Waals surface area contributed by atoms with Crippen molar-refractivity contribution in [3.05, 3.63) is 34.7 Å². The van der Waals surface area contributed by atoms with Crippen LogP contribution in [0.2, 0.25) is 0 Å². The molecule has 1 aromatic carbocycles. The standard InChI is InChI=1S/C14H15N3O2S/c18-11-4-2-1-3-10(11)9-12-13(19)16-14(20-12)17-7-5-15-6-8-17/h1-4,9,15,18H,5-8H2/b12-9-. The van der Waals surface area contributed by atoms with E-state index in [-0.39, 0.29) is 11.7 Å². The number of carbonyl (C=O) groups excluding carboxylic acids is 1. The minimum absolute atomic E-state index is 0.170. The first-order valence-corrected chi connectivity index (χ1v) is 7.32. The van der Waals surface area contributed by atoms with E-state index in [1.165, 1.54) is 11.8 Å². The molecule has 3 rings (SSSR count). The van der Waals surface area contributed by atoms with Gasteiger partial charge in [0, 0.05) is 31.7 Å². The van der Waals surface area contributed by atoms with Crippen molar-refractivity contribution in [1.29, 1.82) is 0 Å². The molecule has 1 amide bonds. The first-order chi connectivity index (χ1) is 9.74. The Balaban J connectivity index is 1.78. The number of phenolic OH excluding ortho intramolecular Hbond substituents is 1. The van der Waals surface area contributed by atoms with Crippen LogP contribution < -0.4 is 5.32 Å². The summed E-state index contributed by atoms with van der Waals surface area (Å²) in [6, 6.07) is 6.96. The number of nitrogens with zero attached hydrogens (tertiary/aromatic N) is 2. The van der Waals surface area contributed by atoms with Gasteiger partial charge in [0.1, 0.15) is 5.75 Å². The fraction of sp³-hybridized carbons (Fsp3) is 0.286. The number of hydrogen-bond acceptors (Lipinski definition) is 5. The zero-order valence-corrected chi connectivity index (χ0v) is 11.7. The first kappa shape index (κ1) is 13.2. The number of phenols is 1. The summed E-state index contributed by atoms with van der Waals surface area (Å²) in [4.78, 5) is 18.7. The van der Waals surface area contributed by atoms with Gasteiger partial charge >= 0.3 is 0 Å². The van der Waals surface area contributed by atoms with Crippen LogP contribution in [0.3, 0.4) is 0 Å². The van der Waals surface area contributed by atoms with E-state index in [0.29, 0.717) is 10.5 Å². The van der Waals surface area contributed by atoms with Crippen molar-refractivity contribution in [3.63, 3.8) is 0 Å². The fourth-order valence-electron chi connectivity index (χ4n) is 2.14. The lowest BCUT2D eigenvalue weighted by Crippen LogP contribution is -2.45. The van der Waals surface area contributed by atoms with Crippen LogP contribution in [0.1, 0.15) is 5.56 Å². The number of thioether (sulfide) groups is 1. The zero-order chi connectivity index (χ0) is 13.9. The lowest BCUT2D eigenvalue weighted by Gasteiger charge is -2.27. The van der Waals surface area contributed by atoms with Gasteiger partial charge in [-0.1, -0.05) is 18.2 Å². The lowest BCUT2D eigenvalue weighted by molar-refractivity contribution is -0.113. The van der Waals surface area contributed by atoms with Crippen LogP contribution in [0.5, 0.6) is 5.75 Å². The molecule has 2 aliphatic heterocycles. The normalized spacial score (nSPS) is 21.4. The number of carbonyl (C=O) groups is 1. The maximum Gasteiger partial charge on any atom is 0.286 e. The molecule has 104 valence electrons. The van der Waals surface area contributed by atoms with Crippen molar-refractivity contribution < 1.29 is 9.90 Å². The SMILES string of the molecule is O=C1N=C(N2CCNCC2)S/C1=C\c1ccccc1O. The second-order valence-electron chi connectivity index (χ2n) is 4.61. The molecule has 0 radical (unpaired) electrons. The number of amides is 1. The topological polar surface area (TPSA) is 64.9 Å². The molecule has 2 N–H and O–H groups in total. The summed E-state index contributed by atoms with van der Waals surface area (Å²) >= 11 is 1.38. The molecule has 0 spiro atoms. The van der Waals surface area contributed by atoms with Gasteiger partial charge in [0.05, 0.1) is 4.91 Å². The summed E-state index contributed by atoms with van der Waals surface area (Å²) in [6.07, 6.45) is 1.70. The van der Waals surface area contributed by atoms with Gasteiger partial charge in [0.15, 0.2) is 5.17 Å². The molecule has 0 unspecified atom stereocenters. The molecule has 0 atom stereocenters. The number of para-hydroxylation sites is 1. The minimum Gasteiger partial charge on any atom is -0.507 e. The average Bonchev–Trinajstić information content (AvgIpc) is 2.84. The van der Waals surface area contributed by atoms with Crippen LogP contribution in [0.4, 0.5) is 0 Å². The highest BCUT2D eigenvalue weighted by Gasteiger charge is 2.26. The fourth-order valence-corrected chi connectivity index (χ4v) is 3.10. The van der Waals surface area contributed by atoms with Gasteiger partial charge < -0.3 is 15.3 Å². The molecular formula is C14H15N3O2S. The second kappa shape index (κ2) is 5.68. The molecule has 0 saturated carbocycles. The Morgan fingerprint density at radius 2 is 2.05 bits per heavy atom. The van der Waals surface area contributed by atoms with E-state index in [2.05, 4.69) is 15.2 Å². The highest BCUT2D eigenvalue weighted by molar-refractivity contribution is 8.18. The maximum absolute atomic E-state index is 11.9. The van der Waals surface area contributed by atoms with Crippen molar-refractivity contribution >= 4 is 28.9 Å². The van der Waals surface area contributed by atoms with Crippen molar-refractivity contribution in [1.82, 2.24) is 10.2 Å². The van der Waals surface area contributed by atoms with Crippen LogP contribution in [0.25, 0.3) is 6.08 Å². The third-order valence-corrected chi connectivity index (χ3v) is 4.26. The quantitative estimate of drug-likeness (QED) is 0.762. The Kier molecular flexibility index (Phi) is 3.75. The number of piperazine rings is 1. The van der Waals surface area contributed by atoms with Crippen molar-refractivity contribution in [2.45, 2.75) is 0 Å². The number of aliphatic imine (C=N–C) groups is 1. The van der Waals surface area contributed by atoms with Gasteiger partial charge in [-0.2, -0.15) is 4.99 Å². The third-order valence-electron chi connectivity index (χ3n) is 3.22. The molecule has 5 nitrogen and oxygen atoms in total. The molecular weight excluding hydrogens is 274 g/mol. The number of benzene rings is 1. The van der Waals surface area contributed by atoms with Gasteiger partial charge in [0.2, 0.25) is 0 Å². The minimum atomic E-state index is -0.230. The number of aromatic hydroxyl groups is 1. The first-order valence-electron chi connectivity index (χ1n) is 6.50. The van der Waals surface area contributed by atoms with Crippen LogP contribution in [0.15, 0.2) is 34.2 Å². The van der Waals surface area contributed by atoms with Gasteiger partial charge in [-0.05, 0) is 23.9 Å². The van der Waals surface area contributed by atoms with E-state index in [0.717, 1.165) is 31.3 Å². The number of hydrogen-bond donors (Lipinski definition) is 2. The smallest absolute Gasteiger partial charge is 0.286 e. The Bertz CT molecular complexity index is 592. The van der Waals surface area contributed by atoms with E-state index >= 15 is 0 Å². The summed E-state index contributed by atoms with van der Waals surface area (Å²) in [5.41, 5.74) is 0.639. The zero-order valence-electron chi connectivity index (χ0n) is 10.9. The number of nitrogens with one attached hydrogen (secondary N) is 1. The molecule has 6 heteroatoms. The van der Waals surface area contributed by atoms with E-state index < -0.39 is 0 Å². The average molecular weight is 289 g/mol. The predicted octanol–water partition coefficient (Wildman–Crippen LogP) is 1.27. The summed E-state index contributed by atoms with van der Waals surface area (Å²) in [5, 5.41) is 13.8. The molecule has 1 aromatic rings. The van der Waals surface area contributed by atoms with Crippen LogP contribution in [-0.2, 0) is 4.79 Å². The Morgan fingerprint density at radius 3 is 2.80 bits per heavy atom. The van der Waals surface area contributed by atoms with Crippen LogP contribution >= 0.6 is 11.8 Å². The Morgan fingerprint density at radius 1 is 1.30 bits per heavy atom. The van der Waals surface area contributed by atoms with E-state index in [1.807, 2.05) is 6.07 Å². The van der Waals surface area contributed by atoms with Gasteiger partial charge in [-0.25, -0.2) is 0 Å². The van der Waals surface area contributed by atoms with Crippen molar-refractivity contribution in [2.24, 2.45) is 4.99 Å². The van der Waals surface area contributed by atoms with Gasteiger partial charge in [-0.15, -0.1) is 0 Å². The molecule has 2 heterocycles. The summed E-state index contributed by atoms with van der Waals surface area (Å²) in [5.74, 6) is -0.0594. The van der Waals surface area contributed by atoms with Gasteiger partial charge in [0.25, 0.3) is 5.91 Å². The molecule has 2 aliphatic rings. The predicted molar refractivity (Wildman–Crippen MR) is 80.6 cm³/mol.